The van der Waals surface area contributed by atoms with Crippen molar-refractivity contribution >= 4 is 17.9 Å². The zero-order chi connectivity index (χ0) is 31.1. The highest BCUT2D eigenvalue weighted by Gasteiger charge is 2.43. The van der Waals surface area contributed by atoms with Gasteiger partial charge in [-0.05, 0) is 68.3 Å². The molecule has 1 saturated heterocycles. The van der Waals surface area contributed by atoms with Crippen LogP contribution in [0, 0.1) is 0 Å². The van der Waals surface area contributed by atoms with Crippen molar-refractivity contribution in [2.45, 2.75) is 64.3 Å². The van der Waals surface area contributed by atoms with Crippen molar-refractivity contribution in [1.82, 2.24) is 4.90 Å². The number of cyclic esters (lactones) is 1. The fourth-order valence-electron chi connectivity index (χ4n) is 4.08. The number of hydrogen-bond donors (Lipinski definition) is 0. The molecule has 0 N–H and O–H groups in total. The predicted molar refractivity (Wildman–Crippen MR) is 124 cm³/mol. The third kappa shape index (κ3) is 7.67. The predicted octanol–water partition coefficient (Wildman–Crippen LogP) is 7.69. The van der Waals surface area contributed by atoms with Crippen molar-refractivity contribution < 1.29 is 63.3 Å². The molecule has 2 aromatic carbocycles. The van der Waals surface area contributed by atoms with Crippen molar-refractivity contribution in [2.24, 2.45) is 0 Å². The lowest BCUT2D eigenvalue weighted by atomic mass is 9.97. The van der Waals surface area contributed by atoms with Crippen LogP contribution in [0.2, 0.25) is 0 Å². The fourth-order valence-corrected chi connectivity index (χ4v) is 4.08. The normalized spacial score (nSPS) is 18.0. The number of alkyl halides is 9. The quantitative estimate of drug-likeness (QED) is 0.317. The van der Waals surface area contributed by atoms with Gasteiger partial charge in [-0.25, -0.2) is 9.59 Å². The van der Waals surface area contributed by atoms with Gasteiger partial charge in [0.1, 0.15) is 11.9 Å². The zero-order valence-electron chi connectivity index (χ0n) is 21.7. The minimum atomic E-state index is -5.15. The first-order chi connectivity index (χ1) is 18.7. The van der Waals surface area contributed by atoms with Crippen LogP contribution in [0.25, 0.3) is 0 Å². The summed E-state index contributed by atoms with van der Waals surface area (Å²) in [6.07, 6.45) is -19.6. The molecule has 41 heavy (non-hydrogen) atoms. The van der Waals surface area contributed by atoms with E-state index in [9.17, 15) is 49.1 Å². The van der Waals surface area contributed by atoms with E-state index in [0.29, 0.717) is 12.1 Å². The number of amides is 2. The van der Waals surface area contributed by atoms with Crippen LogP contribution in [0.1, 0.15) is 49.1 Å². The van der Waals surface area contributed by atoms with Gasteiger partial charge in [-0.2, -0.15) is 26.3 Å². The Labute approximate surface area is 227 Å². The number of carbonyl (C=O) groups is 2. The Morgan fingerprint density at radius 3 is 2.02 bits per heavy atom. The Balaban J connectivity index is 2.01. The van der Waals surface area contributed by atoms with Crippen molar-refractivity contribution in [1.29, 1.82) is 0 Å². The van der Waals surface area contributed by atoms with E-state index in [0.717, 1.165) is 28.0 Å². The zero-order valence-corrected chi connectivity index (χ0v) is 21.7. The number of ether oxygens (including phenoxy) is 3. The maximum atomic E-state index is 13.4. The molecule has 0 bridgehead atoms. The van der Waals surface area contributed by atoms with E-state index in [1.165, 1.54) is 14.0 Å². The molecule has 0 aliphatic carbocycles. The lowest BCUT2D eigenvalue weighted by Gasteiger charge is -2.26. The lowest BCUT2D eigenvalue weighted by molar-refractivity contribution is -0.274. The summed E-state index contributed by atoms with van der Waals surface area (Å²) in [5.74, 6) is -0.716. The monoisotopic (exact) mass is 602 g/mol. The number of rotatable bonds is 6. The van der Waals surface area contributed by atoms with E-state index >= 15 is 0 Å². The van der Waals surface area contributed by atoms with Gasteiger partial charge in [0.25, 0.3) is 0 Å². The van der Waals surface area contributed by atoms with Crippen LogP contribution >= 0.6 is 0 Å². The molecule has 0 radical (unpaired) electrons. The molecule has 16 heteroatoms. The van der Waals surface area contributed by atoms with Crippen LogP contribution in [-0.4, -0.2) is 42.6 Å². The summed E-state index contributed by atoms with van der Waals surface area (Å²) < 4.78 is 133. The van der Waals surface area contributed by atoms with Crippen LogP contribution in [0.3, 0.4) is 0 Å². The van der Waals surface area contributed by atoms with E-state index in [4.69, 9.17) is 9.47 Å². The summed E-state index contributed by atoms with van der Waals surface area (Å²) in [5.41, 5.74) is -3.95. The van der Waals surface area contributed by atoms with E-state index < -0.39 is 78.1 Å². The largest absolute Gasteiger partial charge is 0.573 e. The van der Waals surface area contributed by atoms with Gasteiger partial charge >= 0.3 is 30.9 Å². The summed E-state index contributed by atoms with van der Waals surface area (Å²) in [6.45, 7) is 3.81. The maximum Gasteiger partial charge on any atom is 0.573 e. The van der Waals surface area contributed by atoms with E-state index in [1.54, 1.807) is 13.8 Å². The van der Waals surface area contributed by atoms with E-state index in [1.807, 2.05) is 0 Å². The highest BCUT2D eigenvalue weighted by molar-refractivity contribution is 5.88. The number of hydrogen-bond acceptors (Lipinski definition) is 5. The van der Waals surface area contributed by atoms with Gasteiger partial charge in [0.05, 0.1) is 35.5 Å². The van der Waals surface area contributed by atoms with Gasteiger partial charge in [-0.1, -0.05) is 0 Å². The van der Waals surface area contributed by atoms with Gasteiger partial charge in [-0.3, -0.25) is 9.80 Å². The Bertz CT molecular complexity index is 1260. The second-order valence-corrected chi connectivity index (χ2v) is 9.34. The molecule has 2 atom stereocenters. The molecular weight excluding hydrogens is 579 g/mol. The standard InChI is InChI=1S/C25H23F9N2O5/c1-12(2)39-21(37)35(4)19-6-5-18(41-25(32,33)34)9-15(19)11-36-13(3)20(40-22(36)38)14-7-16(23(26,27)28)10-17(8-14)24(29,30)31/h5-10,12-13,20H,11H2,1-4H3/t13-,20-/m0/s1. The highest BCUT2D eigenvalue weighted by atomic mass is 19.4. The Hall–Kier alpha value is -3.85. The number of nitrogens with zero attached hydrogens (tertiary/aromatic N) is 2. The molecule has 3 rings (SSSR count). The SMILES string of the molecule is CC(C)OC(=O)N(C)c1ccc(OC(F)(F)F)cc1CN1C(=O)O[C@H](c2cc(C(F)(F)F)cc(C(F)(F)F)c2)[C@@H]1C. The first kappa shape index (κ1) is 31.7. The fraction of sp³-hybridized carbons (Fsp3) is 0.440. The molecule has 0 unspecified atom stereocenters. The number of carbonyl (C=O) groups excluding carboxylic acids is 2. The highest BCUT2D eigenvalue weighted by Crippen LogP contribution is 2.41. The van der Waals surface area contributed by atoms with Gasteiger partial charge in [0, 0.05) is 7.05 Å². The molecule has 2 amide bonds. The van der Waals surface area contributed by atoms with Crippen LogP contribution in [0.15, 0.2) is 36.4 Å². The van der Waals surface area contributed by atoms with Crippen LogP contribution in [0.4, 0.5) is 54.8 Å². The summed E-state index contributed by atoms with van der Waals surface area (Å²) in [4.78, 5) is 27.0. The number of halogens is 9. The van der Waals surface area contributed by atoms with Crippen molar-refractivity contribution in [3.05, 3.63) is 58.7 Å². The number of benzene rings is 2. The molecule has 1 aliphatic heterocycles. The molecule has 0 aromatic heterocycles. The van der Waals surface area contributed by atoms with Crippen molar-refractivity contribution in [2.75, 3.05) is 11.9 Å². The molecule has 2 aromatic rings. The third-order valence-corrected chi connectivity index (χ3v) is 5.93. The van der Waals surface area contributed by atoms with Gasteiger partial charge < -0.3 is 14.2 Å². The molecule has 1 aliphatic rings. The van der Waals surface area contributed by atoms with Gasteiger partial charge in [0.2, 0.25) is 0 Å². The van der Waals surface area contributed by atoms with E-state index in [-0.39, 0.29) is 17.3 Å². The minimum Gasteiger partial charge on any atom is -0.446 e. The Morgan fingerprint density at radius 1 is 0.976 bits per heavy atom. The molecule has 226 valence electrons. The maximum absolute atomic E-state index is 13.4. The average molecular weight is 602 g/mol. The molecule has 1 heterocycles. The summed E-state index contributed by atoms with van der Waals surface area (Å²) in [7, 11) is 1.24. The smallest absolute Gasteiger partial charge is 0.446 e. The average Bonchev–Trinajstić information content (AvgIpc) is 3.09. The molecular formula is C25H23F9N2O5. The topological polar surface area (TPSA) is 68.3 Å². The second kappa shape index (κ2) is 11.2. The summed E-state index contributed by atoms with van der Waals surface area (Å²) in [6, 6.07) is 2.44. The Kier molecular flexibility index (Phi) is 8.65. The van der Waals surface area contributed by atoms with Crippen LogP contribution in [-0.2, 0) is 28.4 Å². The van der Waals surface area contributed by atoms with E-state index in [2.05, 4.69) is 4.74 Å². The first-order valence-electron chi connectivity index (χ1n) is 11.8. The van der Waals surface area contributed by atoms with Crippen LogP contribution in [0.5, 0.6) is 5.75 Å². The van der Waals surface area contributed by atoms with Crippen LogP contribution < -0.4 is 9.64 Å². The summed E-state index contributed by atoms with van der Waals surface area (Å²) in [5, 5.41) is 0. The third-order valence-electron chi connectivity index (χ3n) is 5.93. The molecule has 1 fully saturated rings. The number of anilines is 1. The summed E-state index contributed by atoms with van der Waals surface area (Å²) >= 11 is 0. The van der Waals surface area contributed by atoms with Gasteiger partial charge in [-0.15, -0.1) is 13.2 Å². The molecule has 7 nitrogen and oxygen atoms in total. The van der Waals surface area contributed by atoms with Gasteiger partial charge in [0.15, 0.2) is 0 Å². The Morgan fingerprint density at radius 2 is 1.54 bits per heavy atom. The van der Waals surface area contributed by atoms with Crippen molar-refractivity contribution in [3.63, 3.8) is 0 Å². The first-order valence-corrected chi connectivity index (χ1v) is 11.8. The lowest BCUT2D eigenvalue weighted by Crippen LogP contribution is -2.34. The van der Waals surface area contributed by atoms with Crippen molar-refractivity contribution in [3.8, 4) is 5.75 Å². The molecule has 0 spiro atoms. The second-order valence-electron chi connectivity index (χ2n) is 9.34. The molecule has 0 saturated carbocycles. The minimum absolute atomic E-state index is 0.0212.